The third kappa shape index (κ3) is 4.33. The Morgan fingerprint density at radius 2 is 1.76 bits per heavy atom. The molecule has 0 radical (unpaired) electrons. The van der Waals surface area contributed by atoms with Gasteiger partial charge in [-0.05, 0) is 54.7 Å². The van der Waals surface area contributed by atoms with E-state index in [9.17, 15) is 13.2 Å². The molecule has 0 atom stereocenters. The average Bonchev–Trinajstić information content (AvgIpc) is 2.87. The smallest absolute Gasteiger partial charge is 0.248 e. The molecule has 0 N–H and O–H groups in total. The summed E-state index contributed by atoms with van der Waals surface area (Å²) in [4.78, 5) is 18.7. The van der Waals surface area contributed by atoms with Gasteiger partial charge in [-0.3, -0.25) is 9.78 Å². The highest BCUT2D eigenvalue weighted by Gasteiger charge is 2.44. The maximum absolute atomic E-state index is 13.3. The number of morpholine rings is 1. The summed E-state index contributed by atoms with van der Waals surface area (Å²) >= 11 is 0. The maximum atomic E-state index is 13.3. The number of carbonyl (C=O) groups excluding carboxylic acids is 1. The largest absolute Gasteiger partial charge is 0.363 e. The highest BCUT2D eigenvalue weighted by atomic mass is 32.2. The second-order valence-corrected chi connectivity index (χ2v) is 11.1. The van der Waals surface area contributed by atoms with Crippen molar-refractivity contribution in [3.05, 3.63) is 60.8 Å². The van der Waals surface area contributed by atoms with Gasteiger partial charge in [-0.15, -0.1) is 0 Å². The van der Waals surface area contributed by atoms with E-state index in [1.165, 1.54) is 4.31 Å². The normalized spacial score (nSPS) is 19.1. The van der Waals surface area contributed by atoms with E-state index < -0.39 is 15.6 Å². The van der Waals surface area contributed by atoms with Crippen molar-refractivity contribution in [3.8, 4) is 11.1 Å². The van der Waals surface area contributed by atoms with Crippen molar-refractivity contribution in [3.63, 3.8) is 0 Å². The van der Waals surface area contributed by atoms with Gasteiger partial charge in [0, 0.05) is 37.8 Å². The Morgan fingerprint density at radius 1 is 1.03 bits per heavy atom. The van der Waals surface area contributed by atoms with Gasteiger partial charge < -0.3 is 9.64 Å². The van der Waals surface area contributed by atoms with Crippen LogP contribution in [-0.2, 0) is 19.6 Å². The molecular weight excluding hydrogens is 450 g/mol. The number of piperidine rings is 1. The maximum Gasteiger partial charge on any atom is 0.248 e. The Bertz CT molecular complexity index is 1300. The van der Waals surface area contributed by atoms with Gasteiger partial charge in [-0.2, -0.15) is 4.31 Å². The van der Waals surface area contributed by atoms with Gasteiger partial charge in [-0.1, -0.05) is 37.3 Å². The summed E-state index contributed by atoms with van der Waals surface area (Å²) in [6, 6.07) is 17.0. The fourth-order valence-electron chi connectivity index (χ4n) is 4.91. The molecule has 5 rings (SSSR count). The van der Waals surface area contributed by atoms with Gasteiger partial charge in [0.25, 0.3) is 0 Å². The zero-order chi connectivity index (χ0) is 23.8. The monoisotopic (exact) mass is 479 g/mol. The van der Waals surface area contributed by atoms with Crippen LogP contribution in [0.2, 0.25) is 0 Å². The molecule has 178 valence electrons. The van der Waals surface area contributed by atoms with Gasteiger partial charge in [-0.25, -0.2) is 8.42 Å². The van der Waals surface area contributed by atoms with E-state index >= 15 is 0 Å². The minimum atomic E-state index is -3.60. The quantitative estimate of drug-likeness (QED) is 0.558. The summed E-state index contributed by atoms with van der Waals surface area (Å²) in [5, 5.41) is 1.07. The van der Waals surface area contributed by atoms with E-state index in [4.69, 9.17) is 4.74 Å². The summed E-state index contributed by atoms with van der Waals surface area (Å²) in [6.07, 6.45) is 3.83. The minimum absolute atomic E-state index is 0.0183. The lowest BCUT2D eigenvalue weighted by Gasteiger charge is -2.46. The molecule has 3 heterocycles. The summed E-state index contributed by atoms with van der Waals surface area (Å²) in [7, 11) is -3.60. The lowest BCUT2D eigenvalue weighted by Crippen LogP contribution is -2.59. The fourth-order valence-corrected chi connectivity index (χ4v) is 6.35. The van der Waals surface area contributed by atoms with Crippen LogP contribution in [-0.4, -0.2) is 66.9 Å². The Hall–Kier alpha value is -2.81. The molecule has 3 aromatic rings. The number of hydrogen-bond donors (Lipinski definition) is 0. The van der Waals surface area contributed by atoms with E-state index in [1.807, 2.05) is 54.3 Å². The summed E-state index contributed by atoms with van der Waals surface area (Å²) in [6.45, 7) is 4.16. The molecule has 0 bridgehead atoms. The zero-order valence-corrected chi connectivity index (χ0v) is 20.1. The number of carbonyl (C=O) groups is 1. The first-order valence-corrected chi connectivity index (χ1v) is 13.2. The van der Waals surface area contributed by atoms with Crippen molar-refractivity contribution < 1.29 is 17.9 Å². The Kier molecular flexibility index (Phi) is 6.14. The molecule has 1 spiro atoms. The minimum Gasteiger partial charge on any atom is -0.363 e. The summed E-state index contributed by atoms with van der Waals surface area (Å²) in [5.74, 6) is 0.0183. The molecule has 0 unspecified atom stereocenters. The van der Waals surface area contributed by atoms with Crippen molar-refractivity contribution >= 4 is 26.8 Å². The number of amides is 1. The fraction of sp³-hybridized carbons (Fsp3) is 0.385. The second kappa shape index (κ2) is 9.09. The van der Waals surface area contributed by atoms with Gasteiger partial charge >= 0.3 is 0 Å². The van der Waals surface area contributed by atoms with Crippen molar-refractivity contribution in [2.45, 2.75) is 36.7 Å². The molecule has 2 aliphatic rings. The first kappa shape index (κ1) is 23.0. The van der Waals surface area contributed by atoms with Gasteiger partial charge in [0.05, 0.1) is 16.0 Å². The number of hydrogen-bond acceptors (Lipinski definition) is 5. The molecule has 2 fully saturated rings. The number of rotatable bonds is 5. The van der Waals surface area contributed by atoms with E-state index in [0.29, 0.717) is 43.9 Å². The molecule has 8 heteroatoms. The predicted molar refractivity (Wildman–Crippen MR) is 131 cm³/mol. The Morgan fingerprint density at radius 3 is 2.50 bits per heavy atom. The van der Waals surface area contributed by atoms with Crippen LogP contribution in [0.3, 0.4) is 0 Å². The highest BCUT2D eigenvalue weighted by molar-refractivity contribution is 7.89. The summed E-state index contributed by atoms with van der Waals surface area (Å²) in [5.41, 5.74) is 2.41. The molecule has 0 aliphatic carbocycles. The average molecular weight is 480 g/mol. The SMILES string of the molecule is CCCN1CC2(CCN(S(=O)(=O)c3ccc(-c4ccc5cccnc5c4)cc3)CC2)OCC1=O. The van der Waals surface area contributed by atoms with E-state index in [0.717, 1.165) is 28.5 Å². The molecule has 1 amide bonds. The Balaban J connectivity index is 1.29. The molecule has 34 heavy (non-hydrogen) atoms. The molecule has 1 aromatic heterocycles. The van der Waals surface area contributed by atoms with E-state index in [-0.39, 0.29) is 12.5 Å². The van der Waals surface area contributed by atoms with Crippen LogP contribution in [0.1, 0.15) is 26.2 Å². The Labute approximate surface area is 200 Å². The standard InChI is InChI=1S/C26H29N3O4S/c1-2-14-28-19-26(33-18-25(28)30)11-15-29(16-12-26)34(31,32)23-9-7-20(8-10-23)22-6-5-21-4-3-13-27-24(21)17-22/h3-10,13,17H,2,11-12,14-16,18-19H2,1H3. The molecule has 2 saturated heterocycles. The molecule has 7 nitrogen and oxygen atoms in total. The molecular formula is C26H29N3O4S. The van der Waals surface area contributed by atoms with Crippen LogP contribution < -0.4 is 0 Å². The number of aromatic nitrogens is 1. The predicted octanol–water partition coefficient (Wildman–Crippen LogP) is 3.69. The zero-order valence-electron chi connectivity index (χ0n) is 19.3. The molecule has 2 aromatic carbocycles. The number of fused-ring (bicyclic) bond motifs is 1. The van der Waals surface area contributed by atoms with E-state index in [1.54, 1.807) is 18.3 Å². The van der Waals surface area contributed by atoms with Crippen molar-refractivity contribution in [2.24, 2.45) is 0 Å². The number of pyridine rings is 1. The molecule has 0 saturated carbocycles. The number of sulfonamides is 1. The highest BCUT2D eigenvalue weighted by Crippen LogP contribution is 2.33. The number of nitrogens with zero attached hydrogens (tertiary/aromatic N) is 3. The number of ether oxygens (including phenoxy) is 1. The van der Waals surface area contributed by atoms with Crippen LogP contribution in [0.4, 0.5) is 0 Å². The van der Waals surface area contributed by atoms with Crippen molar-refractivity contribution in [1.82, 2.24) is 14.2 Å². The third-order valence-corrected chi connectivity index (χ3v) is 8.80. The van der Waals surface area contributed by atoms with Crippen LogP contribution in [0.25, 0.3) is 22.0 Å². The summed E-state index contributed by atoms with van der Waals surface area (Å²) < 4.78 is 34.1. The number of benzene rings is 2. The first-order chi connectivity index (χ1) is 16.4. The molecule has 2 aliphatic heterocycles. The lowest BCUT2D eigenvalue weighted by molar-refractivity contribution is -0.169. The van der Waals surface area contributed by atoms with Crippen LogP contribution in [0, 0.1) is 0 Å². The topological polar surface area (TPSA) is 79.8 Å². The van der Waals surface area contributed by atoms with Crippen LogP contribution in [0.5, 0.6) is 0 Å². The van der Waals surface area contributed by atoms with Gasteiger partial charge in [0.1, 0.15) is 6.61 Å². The van der Waals surface area contributed by atoms with Gasteiger partial charge in [0.15, 0.2) is 0 Å². The third-order valence-electron chi connectivity index (χ3n) is 6.89. The van der Waals surface area contributed by atoms with Crippen LogP contribution in [0.15, 0.2) is 65.7 Å². The van der Waals surface area contributed by atoms with Crippen molar-refractivity contribution in [2.75, 3.05) is 32.8 Å². The van der Waals surface area contributed by atoms with E-state index in [2.05, 4.69) is 4.98 Å². The lowest BCUT2D eigenvalue weighted by atomic mass is 9.90. The van der Waals surface area contributed by atoms with Crippen LogP contribution >= 0.6 is 0 Å². The second-order valence-electron chi connectivity index (χ2n) is 9.13. The van der Waals surface area contributed by atoms with Gasteiger partial charge in [0.2, 0.25) is 15.9 Å². The first-order valence-electron chi connectivity index (χ1n) is 11.8. The van der Waals surface area contributed by atoms with Crippen molar-refractivity contribution in [1.29, 1.82) is 0 Å².